The molecule has 2 N–H and O–H groups in total. The summed E-state index contributed by atoms with van der Waals surface area (Å²) in [5.74, 6) is -0.464. The summed E-state index contributed by atoms with van der Waals surface area (Å²) in [4.78, 5) is 0.0635. The first-order chi connectivity index (χ1) is 8.88. The Balaban J connectivity index is 2.32. The summed E-state index contributed by atoms with van der Waals surface area (Å²) in [7, 11) is -3.74. The van der Waals surface area contributed by atoms with Crippen LogP contribution in [0.3, 0.4) is 0 Å². The third-order valence-electron chi connectivity index (χ3n) is 3.64. The van der Waals surface area contributed by atoms with Crippen LogP contribution in [0.25, 0.3) is 0 Å². The Morgan fingerprint density at radius 2 is 2.00 bits per heavy atom. The molecular formula is C13H18FNO3S. The molecule has 6 heteroatoms. The second-order valence-corrected chi connectivity index (χ2v) is 6.81. The summed E-state index contributed by atoms with van der Waals surface area (Å²) in [6, 6.07) is 3.57. The normalized spacial score (nSPS) is 18.7. The van der Waals surface area contributed by atoms with E-state index in [2.05, 4.69) is 4.72 Å². The Bertz CT molecular complexity index is 565. The number of hydrogen-bond donors (Lipinski definition) is 2. The van der Waals surface area contributed by atoms with Gasteiger partial charge in [-0.05, 0) is 43.5 Å². The molecule has 1 saturated carbocycles. The second kappa shape index (κ2) is 5.19. The molecule has 1 fully saturated rings. The number of sulfonamides is 1. The largest absolute Gasteiger partial charge is 0.394 e. The number of halogens is 1. The summed E-state index contributed by atoms with van der Waals surface area (Å²) >= 11 is 0. The number of aliphatic hydroxyl groups excluding tert-OH is 1. The monoisotopic (exact) mass is 287 g/mol. The Labute approximate surface area is 112 Å². The summed E-state index contributed by atoms with van der Waals surface area (Å²) in [5.41, 5.74) is -0.404. The topological polar surface area (TPSA) is 66.4 Å². The maximum Gasteiger partial charge on any atom is 0.241 e. The number of aliphatic hydroxyl groups is 1. The molecule has 0 heterocycles. The van der Waals surface area contributed by atoms with Gasteiger partial charge < -0.3 is 5.11 Å². The Kier molecular flexibility index (Phi) is 3.94. The van der Waals surface area contributed by atoms with Gasteiger partial charge >= 0.3 is 0 Å². The van der Waals surface area contributed by atoms with E-state index in [0.29, 0.717) is 18.4 Å². The minimum atomic E-state index is -3.74. The van der Waals surface area contributed by atoms with Crippen molar-refractivity contribution in [1.29, 1.82) is 0 Å². The molecule has 1 aliphatic rings. The molecule has 0 unspecified atom stereocenters. The van der Waals surface area contributed by atoms with Crippen LogP contribution in [0.15, 0.2) is 23.1 Å². The van der Waals surface area contributed by atoms with E-state index in [1.54, 1.807) is 6.92 Å². The van der Waals surface area contributed by atoms with Gasteiger partial charge in [0.2, 0.25) is 10.0 Å². The lowest BCUT2D eigenvalue weighted by molar-refractivity contribution is 0.185. The number of hydrogen-bond acceptors (Lipinski definition) is 3. The summed E-state index contributed by atoms with van der Waals surface area (Å²) in [6.07, 6.45) is 3.04. The summed E-state index contributed by atoms with van der Waals surface area (Å²) in [6.45, 7) is 1.34. The molecule has 19 heavy (non-hydrogen) atoms. The zero-order valence-electron chi connectivity index (χ0n) is 10.8. The van der Waals surface area contributed by atoms with Crippen LogP contribution in [0.4, 0.5) is 4.39 Å². The van der Waals surface area contributed by atoms with Crippen molar-refractivity contribution < 1.29 is 17.9 Å². The zero-order chi connectivity index (χ0) is 14.1. The van der Waals surface area contributed by atoms with Gasteiger partial charge in [-0.1, -0.05) is 12.8 Å². The average molecular weight is 287 g/mol. The third kappa shape index (κ3) is 2.96. The number of rotatable bonds is 4. The lowest BCUT2D eigenvalue weighted by Crippen LogP contribution is -2.49. The van der Waals surface area contributed by atoms with Crippen molar-refractivity contribution in [3.05, 3.63) is 29.6 Å². The molecule has 0 amide bonds. The molecular weight excluding hydrogens is 269 g/mol. The molecule has 0 aliphatic heterocycles. The fourth-order valence-electron chi connectivity index (χ4n) is 2.60. The van der Waals surface area contributed by atoms with Gasteiger partial charge in [0.15, 0.2) is 0 Å². The Morgan fingerprint density at radius 1 is 1.37 bits per heavy atom. The van der Waals surface area contributed by atoms with Crippen LogP contribution in [-0.2, 0) is 10.0 Å². The van der Waals surface area contributed by atoms with E-state index < -0.39 is 21.4 Å². The van der Waals surface area contributed by atoms with Crippen LogP contribution in [0.2, 0.25) is 0 Å². The summed E-state index contributed by atoms with van der Waals surface area (Å²) in [5, 5.41) is 9.45. The standard InChI is InChI=1S/C13H18FNO3S/c1-10-8-11(14)4-5-12(10)19(17,18)15-13(9-16)6-2-3-7-13/h4-5,8,15-16H,2-3,6-7,9H2,1H3. The van der Waals surface area contributed by atoms with Gasteiger partial charge in [-0.3, -0.25) is 0 Å². The van der Waals surface area contributed by atoms with Crippen LogP contribution in [0, 0.1) is 12.7 Å². The van der Waals surface area contributed by atoms with Crippen molar-refractivity contribution in [3.8, 4) is 0 Å². The molecule has 106 valence electrons. The van der Waals surface area contributed by atoms with Crippen molar-refractivity contribution in [2.45, 2.75) is 43.0 Å². The Hall–Kier alpha value is -0.980. The number of benzene rings is 1. The van der Waals surface area contributed by atoms with E-state index in [1.165, 1.54) is 12.1 Å². The molecule has 0 saturated heterocycles. The van der Waals surface area contributed by atoms with Crippen molar-refractivity contribution in [2.75, 3.05) is 6.61 Å². The quantitative estimate of drug-likeness (QED) is 0.886. The first kappa shape index (κ1) is 14.4. The number of nitrogens with one attached hydrogen (secondary N) is 1. The maximum absolute atomic E-state index is 13.0. The molecule has 1 aliphatic carbocycles. The highest BCUT2D eigenvalue weighted by Gasteiger charge is 2.37. The molecule has 2 rings (SSSR count). The third-order valence-corrected chi connectivity index (χ3v) is 5.38. The predicted octanol–water partition coefficient (Wildman–Crippen LogP) is 1.72. The van der Waals surface area contributed by atoms with Crippen molar-refractivity contribution in [2.24, 2.45) is 0 Å². The van der Waals surface area contributed by atoms with Crippen LogP contribution in [0.1, 0.15) is 31.2 Å². The Morgan fingerprint density at radius 3 is 2.53 bits per heavy atom. The van der Waals surface area contributed by atoms with E-state index >= 15 is 0 Å². The van der Waals surface area contributed by atoms with Crippen molar-refractivity contribution >= 4 is 10.0 Å². The van der Waals surface area contributed by atoms with E-state index in [1.807, 2.05) is 0 Å². The second-order valence-electron chi connectivity index (χ2n) is 5.16. The summed E-state index contributed by atoms with van der Waals surface area (Å²) < 4.78 is 40.3. The molecule has 0 aromatic heterocycles. The van der Waals surface area contributed by atoms with Gasteiger partial charge in [-0.25, -0.2) is 17.5 Å². The highest BCUT2D eigenvalue weighted by Crippen LogP contribution is 2.31. The SMILES string of the molecule is Cc1cc(F)ccc1S(=O)(=O)NC1(CO)CCCC1. The van der Waals surface area contributed by atoms with Crippen LogP contribution >= 0.6 is 0 Å². The average Bonchev–Trinajstić information content (AvgIpc) is 2.77. The lowest BCUT2D eigenvalue weighted by atomic mass is 10.0. The van der Waals surface area contributed by atoms with Crippen molar-refractivity contribution in [1.82, 2.24) is 4.72 Å². The van der Waals surface area contributed by atoms with E-state index in [-0.39, 0.29) is 11.5 Å². The van der Waals surface area contributed by atoms with E-state index in [9.17, 15) is 17.9 Å². The smallest absolute Gasteiger partial charge is 0.241 e. The van der Waals surface area contributed by atoms with Gasteiger partial charge in [0.25, 0.3) is 0 Å². The number of aryl methyl sites for hydroxylation is 1. The lowest BCUT2D eigenvalue weighted by Gasteiger charge is -2.27. The molecule has 0 radical (unpaired) electrons. The van der Waals surface area contributed by atoms with Crippen LogP contribution in [-0.4, -0.2) is 25.7 Å². The first-order valence-corrected chi connectivity index (χ1v) is 7.78. The van der Waals surface area contributed by atoms with Crippen LogP contribution < -0.4 is 4.72 Å². The molecule has 0 bridgehead atoms. The highest BCUT2D eigenvalue weighted by atomic mass is 32.2. The van der Waals surface area contributed by atoms with Gasteiger partial charge in [-0.15, -0.1) is 0 Å². The first-order valence-electron chi connectivity index (χ1n) is 6.30. The maximum atomic E-state index is 13.0. The van der Waals surface area contributed by atoms with E-state index in [0.717, 1.165) is 18.9 Å². The molecule has 1 aromatic rings. The van der Waals surface area contributed by atoms with Crippen LogP contribution in [0.5, 0.6) is 0 Å². The molecule has 1 aromatic carbocycles. The minimum absolute atomic E-state index is 0.0635. The van der Waals surface area contributed by atoms with Gasteiger partial charge in [0.05, 0.1) is 17.0 Å². The molecule has 4 nitrogen and oxygen atoms in total. The van der Waals surface area contributed by atoms with Gasteiger partial charge in [0, 0.05) is 0 Å². The van der Waals surface area contributed by atoms with Gasteiger partial charge in [-0.2, -0.15) is 0 Å². The fraction of sp³-hybridized carbons (Fsp3) is 0.538. The van der Waals surface area contributed by atoms with Crippen molar-refractivity contribution in [3.63, 3.8) is 0 Å². The minimum Gasteiger partial charge on any atom is -0.394 e. The van der Waals surface area contributed by atoms with Gasteiger partial charge in [0.1, 0.15) is 5.82 Å². The zero-order valence-corrected chi connectivity index (χ0v) is 11.6. The molecule has 0 spiro atoms. The van der Waals surface area contributed by atoms with E-state index in [4.69, 9.17) is 0 Å². The molecule has 0 atom stereocenters. The predicted molar refractivity (Wildman–Crippen MR) is 69.7 cm³/mol. The highest BCUT2D eigenvalue weighted by molar-refractivity contribution is 7.89. The fourth-order valence-corrected chi connectivity index (χ4v) is 4.28.